The molecule has 8 heteroatoms. The molecule has 0 aliphatic carbocycles. The normalized spacial score (nSPS) is 10.5. The number of methoxy groups -OCH3 is 1. The van der Waals surface area contributed by atoms with Crippen LogP contribution in [0.25, 0.3) is 11.4 Å². The van der Waals surface area contributed by atoms with Crippen LogP contribution in [0.4, 0.5) is 10.1 Å². The molecular formula is C20H19FN4O2S. The molecule has 0 aliphatic rings. The van der Waals surface area contributed by atoms with E-state index in [4.69, 9.17) is 4.74 Å². The quantitative estimate of drug-likeness (QED) is 0.459. The lowest BCUT2D eigenvalue weighted by molar-refractivity contribution is -0.113. The van der Waals surface area contributed by atoms with E-state index < -0.39 is 0 Å². The van der Waals surface area contributed by atoms with Crippen molar-refractivity contribution in [1.82, 2.24) is 14.8 Å². The number of anilines is 1. The maximum atomic E-state index is 12.9. The standard InChI is InChI=1S/C20H19FN4O2S/c1-3-12-25-19(14-4-10-17(27-2)11-5-14)23-24-20(25)28-13-18(26)22-16-8-6-15(21)7-9-16/h3-11H,1,12-13H2,2H3,(H,22,26). The molecule has 0 saturated carbocycles. The maximum absolute atomic E-state index is 12.9. The molecule has 28 heavy (non-hydrogen) atoms. The third-order valence-electron chi connectivity index (χ3n) is 3.84. The molecule has 6 nitrogen and oxygen atoms in total. The Morgan fingerprint density at radius 3 is 2.57 bits per heavy atom. The van der Waals surface area contributed by atoms with Crippen LogP contribution in [-0.4, -0.2) is 33.5 Å². The zero-order chi connectivity index (χ0) is 19.9. The molecule has 0 unspecified atom stereocenters. The lowest BCUT2D eigenvalue weighted by Crippen LogP contribution is -2.14. The molecular weight excluding hydrogens is 379 g/mol. The number of thioether (sulfide) groups is 1. The average molecular weight is 398 g/mol. The number of nitrogens with zero attached hydrogens (tertiary/aromatic N) is 3. The third kappa shape index (κ3) is 4.77. The van der Waals surface area contributed by atoms with Gasteiger partial charge in [0.1, 0.15) is 11.6 Å². The zero-order valence-corrected chi connectivity index (χ0v) is 16.1. The number of carbonyl (C=O) groups is 1. The van der Waals surface area contributed by atoms with Crippen LogP contribution in [0.1, 0.15) is 0 Å². The SMILES string of the molecule is C=CCn1c(SCC(=O)Nc2ccc(F)cc2)nnc1-c1ccc(OC)cc1. The number of nitrogens with one attached hydrogen (secondary N) is 1. The fourth-order valence-corrected chi connectivity index (χ4v) is 3.25. The van der Waals surface area contributed by atoms with Gasteiger partial charge in [-0.05, 0) is 48.5 Å². The van der Waals surface area contributed by atoms with Crippen LogP contribution in [0.3, 0.4) is 0 Å². The van der Waals surface area contributed by atoms with E-state index in [1.807, 2.05) is 28.8 Å². The van der Waals surface area contributed by atoms with Gasteiger partial charge < -0.3 is 10.1 Å². The van der Waals surface area contributed by atoms with E-state index in [1.54, 1.807) is 13.2 Å². The van der Waals surface area contributed by atoms with Gasteiger partial charge in [-0.25, -0.2) is 4.39 Å². The first kappa shape index (κ1) is 19.6. The number of allylic oxidation sites excluding steroid dienone is 1. The van der Waals surface area contributed by atoms with Crippen molar-refractivity contribution in [3.8, 4) is 17.1 Å². The van der Waals surface area contributed by atoms with Crippen LogP contribution in [0, 0.1) is 5.82 Å². The Labute approximate surface area is 166 Å². The van der Waals surface area contributed by atoms with Gasteiger partial charge in [-0.1, -0.05) is 17.8 Å². The summed E-state index contributed by atoms with van der Waals surface area (Å²) in [6.07, 6.45) is 1.75. The van der Waals surface area contributed by atoms with Crippen LogP contribution < -0.4 is 10.1 Å². The number of amides is 1. The van der Waals surface area contributed by atoms with E-state index >= 15 is 0 Å². The summed E-state index contributed by atoms with van der Waals surface area (Å²) in [7, 11) is 1.61. The lowest BCUT2D eigenvalue weighted by Gasteiger charge is -2.09. The van der Waals surface area contributed by atoms with Crippen molar-refractivity contribution in [2.45, 2.75) is 11.7 Å². The number of ether oxygens (including phenoxy) is 1. The van der Waals surface area contributed by atoms with E-state index in [9.17, 15) is 9.18 Å². The van der Waals surface area contributed by atoms with E-state index in [0.717, 1.165) is 11.3 Å². The van der Waals surface area contributed by atoms with Crippen LogP contribution in [-0.2, 0) is 11.3 Å². The summed E-state index contributed by atoms with van der Waals surface area (Å²) in [6.45, 7) is 4.29. The van der Waals surface area contributed by atoms with Crippen molar-refractivity contribution in [2.24, 2.45) is 0 Å². The Hall–Kier alpha value is -3.13. The summed E-state index contributed by atoms with van der Waals surface area (Å²) in [5, 5.41) is 11.8. The second-order valence-electron chi connectivity index (χ2n) is 5.78. The Kier molecular flexibility index (Phi) is 6.44. The van der Waals surface area contributed by atoms with Crippen molar-refractivity contribution in [3.63, 3.8) is 0 Å². The number of halogens is 1. The van der Waals surface area contributed by atoms with Crippen molar-refractivity contribution in [3.05, 3.63) is 67.0 Å². The van der Waals surface area contributed by atoms with Gasteiger partial charge in [0, 0.05) is 17.8 Å². The smallest absolute Gasteiger partial charge is 0.234 e. The van der Waals surface area contributed by atoms with Crippen molar-refractivity contribution >= 4 is 23.4 Å². The largest absolute Gasteiger partial charge is 0.497 e. The second kappa shape index (κ2) is 9.18. The predicted molar refractivity (Wildman–Crippen MR) is 108 cm³/mol. The van der Waals surface area contributed by atoms with E-state index in [-0.39, 0.29) is 17.5 Å². The molecule has 1 heterocycles. The van der Waals surface area contributed by atoms with E-state index in [2.05, 4.69) is 22.1 Å². The zero-order valence-electron chi connectivity index (χ0n) is 15.3. The highest BCUT2D eigenvalue weighted by atomic mass is 32.2. The minimum atomic E-state index is -0.351. The highest BCUT2D eigenvalue weighted by Gasteiger charge is 2.15. The molecule has 0 spiro atoms. The van der Waals surface area contributed by atoms with Crippen molar-refractivity contribution in [2.75, 3.05) is 18.2 Å². The molecule has 0 aliphatic heterocycles. The molecule has 0 atom stereocenters. The number of carbonyl (C=O) groups excluding carboxylic acids is 1. The molecule has 0 saturated heterocycles. The predicted octanol–water partition coefficient (Wildman–Crippen LogP) is 4.01. The number of aromatic nitrogens is 3. The van der Waals surface area contributed by atoms with Gasteiger partial charge in [-0.2, -0.15) is 0 Å². The molecule has 0 fully saturated rings. The van der Waals surface area contributed by atoms with Gasteiger partial charge in [0.15, 0.2) is 11.0 Å². The van der Waals surface area contributed by atoms with Gasteiger partial charge in [0.2, 0.25) is 5.91 Å². The van der Waals surface area contributed by atoms with Gasteiger partial charge >= 0.3 is 0 Å². The van der Waals surface area contributed by atoms with Gasteiger partial charge in [0.25, 0.3) is 0 Å². The molecule has 1 N–H and O–H groups in total. The Morgan fingerprint density at radius 1 is 1.21 bits per heavy atom. The average Bonchev–Trinajstić information content (AvgIpc) is 3.11. The minimum absolute atomic E-state index is 0.148. The Bertz CT molecular complexity index is 955. The number of rotatable bonds is 8. The molecule has 1 aromatic heterocycles. The number of benzene rings is 2. The van der Waals surface area contributed by atoms with Crippen LogP contribution in [0.15, 0.2) is 66.3 Å². The van der Waals surface area contributed by atoms with E-state index in [0.29, 0.717) is 23.2 Å². The first-order valence-corrected chi connectivity index (χ1v) is 9.46. The van der Waals surface area contributed by atoms with Gasteiger partial charge in [-0.15, -0.1) is 16.8 Å². The third-order valence-corrected chi connectivity index (χ3v) is 4.80. The summed E-state index contributed by atoms with van der Waals surface area (Å²) in [4.78, 5) is 12.2. The van der Waals surface area contributed by atoms with Crippen molar-refractivity contribution < 1.29 is 13.9 Å². The Balaban J connectivity index is 1.70. The lowest BCUT2D eigenvalue weighted by atomic mass is 10.2. The van der Waals surface area contributed by atoms with Crippen LogP contribution in [0.5, 0.6) is 5.75 Å². The fraction of sp³-hybridized carbons (Fsp3) is 0.150. The van der Waals surface area contributed by atoms with Crippen LogP contribution >= 0.6 is 11.8 Å². The Morgan fingerprint density at radius 2 is 1.93 bits per heavy atom. The summed E-state index contributed by atoms with van der Waals surface area (Å²) in [6, 6.07) is 13.1. The maximum Gasteiger partial charge on any atom is 0.234 e. The van der Waals surface area contributed by atoms with Crippen LogP contribution in [0.2, 0.25) is 0 Å². The summed E-state index contributed by atoms with van der Waals surface area (Å²) in [5.41, 5.74) is 1.43. The van der Waals surface area contributed by atoms with Gasteiger partial charge in [-0.3, -0.25) is 9.36 Å². The topological polar surface area (TPSA) is 69.0 Å². The molecule has 3 aromatic rings. The van der Waals surface area contributed by atoms with E-state index in [1.165, 1.54) is 36.0 Å². The summed E-state index contributed by atoms with van der Waals surface area (Å²) >= 11 is 1.27. The first-order chi connectivity index (χ1) is 13.6. The summed E-state index contributed by atoms with van der Waals surface area (Å²) < 4.78 is 20.0. The molecule has 3 rings (SSSR count). The highest BCUT2D eigenvalue weighted by molar-refractivity contribution is 7.99. The molecule has 144 valence electrons. The van der Waals surface area contributed by atoms with Crippen molar-refractivity contribution in [1.29, 1.82) is 0 Å². The summed E-state index contributed by atoms with van der Waals surface area (Å²) in [5.74, 6) is 1.02. The minimum Gasteiger partial charge on any atom is -0.497 e. The number of hydrogen-bond donors (Lipinski definition) is 1. The molecule has 1 amide bonds. The number of hydrogen-bond acceptors (Lipinski definition) is 5. The van der Waals surface area contributed by atoms with Gasteiger partial charge in [0.05, 0.1) is 12.9 Å². The monoisotopic (exact) mass is 398 g/mol. The fourth-order valence-electron chi connectivity index (χ4n) is 2.50. The second-order valence-corrected chi connectivity index (χ2v) is 6.72. The molecule has 0 radical (unpaired) electrons. The molecule has 2 aromatic carbocycles. The first-order valence-electron chi connectivity index (χ1n) is 8.47. The highest BCUT2D eigenvalue weighted by Crippen LogP contribution is 2.26. The molecule has 0 bridgehead atoms.